The van der Waals surface area contributed by atoms with Crippen LogP contribution in [0.15, 0.2) is 6.07 Å². The summed E-state index contributed by atoms with van der Waals surface area (Å²) in [6, 6.07) is 2.02. The molecule has 0 saturated heterocycles. The van der Waals surface area contributed by atoms with Crippen LogP contribution in [0.25, 0.3) is 0 Å². The molecule has 1 aliphatic rings. The van der Waals surface area contributed by atoms with E-state index in [9.17, 15) is 4.79 Å². The summed E-state index contributed by atoms with van der Waals surface area (Å²) in [5.74, 6) is 0.566. The molecule has 2 rings (SSSR count). The Morgan fingerprint density at radius 1 is 1.53 bits per heavy atom. The Labute approximate surface area is 114 Å². The normalized spacial score (nSPS) is 18.2. The fourth-order valence-electron chi connectivity index (χ4n) is 2.89. The molecule has 4 N–H and O–H groups in total. The van der Waals surface area contributed by atoms with E-state index in [0.717, 1.165) is 11.4 Å². The molecule has 106 valence electrons. The maximum atomic E-state index is 12.0. The van der Waals surface area contributed by atoms with Crippen LogP contribution in [0.2, 0.25) is 0 Å². The van der Waals surface area contributed by atoms with Gasteiger partial charge in [-0.25, -0.2) is 0 Å². The highest BCUT2D eigenvalue weighted by atomic mass is 16.1. The molecule has 1 heterocycles. The van der Waals surface area contributed by atoms with Crippen molar-refractivity contribution in [3.8, 4) is 0 Å². The molecule has 1 unspecified atom stereocenters. The van der Waals surface area contributed by atoms with Crippen molar-refractivity contribution < 1.29 is 4.79 Å². The van der Waals surface area contributed by atoms with Crippen molar-refractivity contribution in [3.63, 3.8) is 0 Å². The first-order chi connectivity index (χ1) is 9.19. The van der Waals surface area contributed by atoms with Gasteiger partial charge in [-0.2, -0.15) is 5.10 Å². The van der Waals surface area contributed by atoms with Gasteiger partial charge in [0.25, 0.3) is 0 Å². The first kappa shape index (κ1) is 14.1. The predicted molar refractivity (Wildman–Crippen MR) is 74.6 cm³/mol. The molecule has 1 aromatic heterocycles. The third kappa shape index (κ3) is 4.06. The highest BCUT2D eigenvalue weighted by Gasteiger charge is 2.24. The average Bonchev–Trinajstić information content (AvgIpc) is 2.82. The van der Waals surface area contributed by atoms with E-state index >= 15 is 0 Å². The number of nitrogens with one attached hydrogen (secondary N) is 2. The molecule has 5 nitrogen and oxygen atoms in total. The topological polar surface area (TPSA) is 83.8 Å². The number of nitrogens with zero attached hydrogens (tertiary/aromatic N) is 1. The minimum absolute atomic E-state index is 0.0209. The number of carbonyl (C=O) groups excluding carboxylic acids is 1. The van der Waals surface area contributed by atoms with E-state index in [1.807, 2.05) is 13.0 Å². The van der Waals surface area contributed by atoms with Crippen LogP contribution in [-0.4, -0.2) is 28.7 Å². The first-order valence-electron chi connectivity index (χ1n) is 7.19. The fourth-order valence-corrected chi connectivity index (χ4v) is 2.89. The van der Waals surface area contributed by atoms with Gasteiger partial charge < -0.3 is 11.1 Å². The van der Waals surface area contributed by atoms with Gasteiger partial charge in [0.05, 0.1) is 12.1 Å². The molecule has 5 heteroatoms. The molecule has 1 fully saturated rings. The van der Waals surface area contributed by atoms with E-state index in [4.69, 9.17) is 5.73 Å². The van der Waals surface area contributed by atoms with E-state index in [1.54, 1.807) is 0 Å². The lowest BCUT2D eigenvalue weighted by Gasteiger charge is -2.30. The van der Waals surface area contributed by atoms with Gasteiger partial charge in [0.1, 0.15) is 0 Å². The standard InChI is InChI=1S/C14H24N4O/c1-10-7-12(18-17-10)8-14(19)16-13(9-15)11-5-3-2-4-6-11/h7,11,13H,2-6,8-9,15H2,1H3,(H,16,19)(H,17,18). The molecule has 1 amide bonds. The van der Waals surface area contributed by atoms with Gasteiger partial charge in [-0.05, 0) is 31.7 Å². The second kappa shape index (κ2) is 6.70. The summed E-state index contributed by atoms with van der Waals surface area (Å²) in [6.07, 6.45) is 6.53. The Morgan fingerprint density at radius 2 is 2.26 bits per heavy atom. The lowest BCUT2D eigenvalue weighted by Crippen LogP contribution is -2.46. The van der Waals surface area contributed by atoms with Crippen molar-refractivity contribution in [1.29, 1.82) is 0 Å². The summed E-state index contributed by atoms with van der Waals surface area (Å²) >= 11 is 0. The lowest BCUT2D eigenvalue weighted by atomic mass is 9.84. The number of nitrogens with two attached hydrogens (primary N) is 1. The summed E-state index contributed by atoms with van der Waals surface area (Å²) in [7, 11) is 0. The second-order valence-corrected chi connectivity index (χ2v) is 5.53. The molecule has 19 heavy (non-hydrogen) atoms. The number of aryl methyl sites for hydroxylation is 1. The van der Waals surface area contributed by atoms with Crippen molar-refractivity contribution in [1.82, 2.24) is 15.5 Å². The zero-order valence-corrected chi connectivity index (χ0v) is 11.6. The molecule has 0 aliphatic heterocycles. The Balaban J connectivity index is 1.85. The minimum Gasteiger partial charge on any atom is -0.351 e. The lowest BCUT2D eigenvalue weighted by molar-refractivity contribution is -0.121. The first-order valence-corrected chi connectivity index (χ1v) is 7.19. The van der Waals surface area contributed by atoms with Gasteiger partial charge in [0.15, 0.2) is 0 Å². The van der Waals surface area contributed by atoms with Gasteiger partial charge in [0, 0.05) is 18.3 Å². The Hall–Kier alpha value is -1.36. The van der Waals surface area contributed by atoms with E-state index in [1.165, 1.54) is 32.1 Å². The fraction of sp³-hybridized carbons (Fsp3) is 0.714. The molecular weight excluding hydrogens is 240 g/mol. The van der Waals surface area contributed by atoms with E-state index < -0.39 is 0 Å². The number of H-pyrrole nitrogens is 1. The Morgan fingerprint density at radius 3 is 2.84 bits per heavy atom. The molecular formula is C14H24N4O. The van der Waals surface area contributed by atoms with Crippen molar-refractivity contribution in [2.45, 2.75) is 51.5 Å². The summed E-state index contributed by atoms with van der Waals surface area (Å²) in [6.45, 7) is 2.45. The Kier molecular flexibility index (Phi) is 4.96. The van der Waals surface area contributed by atoms with Gasteiger partial charge in [-0.15, -0.1) is 0 Å². The van der Waals surface area contributed by atoms with Crippen molar-refractivity contribution in [2.75, 3.05) is 6.54 Å². The van der Waals surface area contributed by atoms with Gasteiger partial charge in [-0.1, -0.05) is 19.3 Å². The largest absolute Gasteiger partial charge is 0.351 e. The number of carbonyl (C=O) groups is 1. The summed E-state index contributed by atoms with van der Waals surface area (Å²) < 4.78 is 0. The van der Waals surface area contributed by atoms with Crippen LogP contribution in [0.5, 0.6) is 0 Å². The number of aromatic nitrogens is 2. The predicted octanol–water partition coefficient (Wildman–Crippen LogP) is 1.28. The van der Waals surface area contributed by atoms with Crippen LogP contribution in [0.1, 0.15) is 43.5 Å². The molecule has 0 spiro atoms. The van der Waals surface area contributed by atoms with Crippen molar-refractivity contribution in [2.24, 2.45) is 11.7 Å². The number of hydrogen-bond acceptors (Lipinski definition) is 3. The summed E-state index contributed by atoms with van der Waals surface area (Å²) in [5.41, 5.74) is 7.58. The van der Waals surface area contributed by atoms with E-state index in [-0.39, 0.29) is 11.9 Å². The van der Waals surface area contributed by atoms with Crippen LogP contribution < -0.4 is 11.1 Å². The zero-order chi connectivity index (χ0) is 13.7. The summed E-state index contributed by atoms with van der Waals surface area (Å²) in [4.78, 5) is 12.0. The molecule has 0 aromatic carbocycles. The Bertz CT molecular complexity index is 409. The third-order valence-electron chi connectivity index (χ3n) is 3.92. The SMILES string of the molecule is Cc1cc(CC(=O)NC(CN)C2CCCCC2)n[nH]1. The van der Waals surface area contributed by atoms with Gasteiger partial charge in [0.2, 0.25) is 5.91 Å². The second-order valence-electron chi connectivity index (χ2n) is 5.53. The van der Waals surface area contributed by atoms with E-state index in [2.05, 4.69) is 15.5 Å². The zero-order valence-electron chi connectivity index (χ0n) is 11.6. The quantitative estimate of drug-likeness (QED) is 0.749. The molecule has 1 atom stereocenters. The number of amides is 1. The smallest absolute Gasteiger partial charge is 0.226 e. The third-order valence-corrected chi connectivity index (χ3v) is 3.92. The maximum Gasteiger partial charge on any atom is 0.226 e. The number of rotatable bonds is 5. The van der Waals surface area contributed by atoms with Crippen LogP contribution in [-0.2, 0) is 11.2 Å². The highest BCUT2D eigenvalue weighted by Crippen LogP contribution is 2.26. The van der Waals surface area contributed by atoms with Gasteiger partial charge >= 0.3 is 0 Å². The van der Waals surface area contributed by atoms with Crippen molar-refractivity contribution >= 4 is 5.91 Å². The van der Waals surface area contributed by atoms with Crippen molar-refractivity contribution in [3.05, 3.63) is 17.5 Å². The molecule has 0 radical (unpaired) electrons. The van der Waals surface area contributed by atoms with Crippen LogP contribution in [0.3, 0.4) is 0 Å². The molecule has 1 aromatic rings. The average molecular weight is 264 g/mol. The van der Waals surface area contributed by atoms with Crippen LogP contribution in [0, 0.1) is 12.8 Å². The number of aromatic amines is 1. The summed E-state index contributed by atoms with van der Waals surface area (Å²) in [5, 5.41) is 10.0. The number of hydrogen-bond donors (Lipinski definition) is 3. The van der Waals surface area contributed by atoms with Crippen LogP contribution >= 0.6 is 0 Å². The molecule has 1 saturated carbocycles. The highest BCUT2D eigenvalue weighted by molar-refractivity contribution is 5.78. The minimum atomic E-state index is 0.0209. The monoisotopic (exact) mass is 264 g/mol. The molecule has 0 bridgehead atoms. The maximum absolute atomic E-state index is 12.0. The van der Waals surface area contributed by atoms with Gasteiger partial charge in [-0.3, -0.25) is 9.89 Å². The van der Waals surface area contributed by atoms with E-state index in [0.29, 0.717) is 18.9 Å². The molecule has 1 aliphatic carbocycles. The van der Waals surface area contributed by atoms with Crippen LogP contribution in [0.4, 0.5) is 0 Å².